The number of carbonyl (C=O) groups is 1. The molecule has 5 heteroatoms. The van der Waals surface area contributed by atoms with Gasteiger partial charge in [0.15, 0.2) is 0 Å². The molecule has 5 N–H and O–H groups in total. The van der Waals surface area contributed by atoms with Crippen molar-refractivity contribution in [1.82, 2.24) is 6.15 Å². The average molecular weight is 187 g/mol. The van der Waals surface area contributed by atoms with Crippen LogP contribution in [-0.4, -0.2) is 16.4 Å². The van der Waals surface area contributed by atoms with Crippen LogP contribution in [0.25, 0.3) is 0 Å². The summed E-state index contributed by atoms with van der Waals surface area (Å²) in [6.45, 7) is 0. The van der Waals surface area contributed by atoms with E-state index < -0.39 is 6.16 Å². The zero-order valence-corrected chi connectivity index (χ0v) is 4.29. The van der Waals surface area contributed by atoms with E-state index in [-0.39, 0.29) is 28.5 Å². The van der Waals surface area contributed by atoms with Gasteiger partial charge in [-0.05, 0) is 0 Å². The number of carboxylic acid groups (broad SMARTS) is 2. The Kier molecular flexibility index (Phi) is 24.7. The molecule has 0 rings (SSSR count). The number of hydrogen-bond acceptors (Lipinski definition) is 2. The van der Waals surface area contributed by atoms with Crippen molar-refractivity contribution in [1.29, 1.82) is 0 Å². The summed E-state index contributed by atoms with van der Waals surface area (Å²) < 4.78 is 0. The fourth-order valence-corrected chi connectivity index (χ4v) is 0. The Morgan fingerprint density at radius 1 is 1.33 bits per heavy atom. The van der Waals surface area contributed by atoms with Gasteiger partial charge in [0.05, 0.1) is 0 Å². The molecule has 0 aliphatic heterocycles. The minimum atomic E-state index is -1.83. The summed E-state index contributed by atoms with van der Waals surface area (Å²) in [6.07, 6.45) is -1.83. The molecule has 0 heterocycles. The van der Waals surface area contributed by atoms with E-state index in [1.807, 2.05) is 0 Å². The van der Waals surface area contributed by atoms with Gasteiger partial charge >= 0.3 is 6.16 Å². The topological polar surface area (TPSA) is 92.5 Å². The van der Waals surface area contributed by atoms with E-state index in [2.05, 4.69) is 0 Å². The van der Waals surface area contributed by atoms with Gasteiger partial charge in [0.2, 0.25) is 0 Å². The van der Waals surface area contributed by atoms with Gasteiger partial charge in [-0.15, -0.1) is 0 Å². The molecule has 0 saturated carbocycles. The van der Waals surface area contributed by atoms with Gasteiger partial charge in [0, 0.05) is 22.4 Å². The molecule has 4 nitrogen and oxygen atoms in total. The van der Waals surface area contributed by atoms with Crippen molar-refractivity contribution in [2.45, 2.75) is 0 Å². The summed E-state index contributed by atoms with van der Waals surface area (Å²) >= 11 is 0. The van der Waals surface area contributed by atoms with Crippen molar-refractivity contribution >= 4 is 6.16 Å². The molecule has 6 heavy (non-hydrogen) atoms. The van der Waals surface area contributed by atoms with E-state index in [0.717, 1.165) is 0 Å². The molecule has 0 aromatic carbocycles. The Hall–Kier alpha value is -0.0297. The van der Waals surface area contributed by atoms with Crippen molar-refractivity contribution in [3.63, 3.8) is 0 Å². The molecule has 0 atom stereocenters. The van der Waals surface area contributed by atoms with Gasteiger partial charge in [0.25, 0.3) is 0 Å². The van der Waals surface area contributed by atoms with Crippen LogP contribution in [0.3, 0.4) is 0 Å². The van der Waals surface area contributed by atoms with Crippen LogP contribution in [0, 0.1) is 0 Å². The molecular formula is CH5AgNO3. The maximum Gasteiger partial charge on any atom is 0.503 e. The molecule has 0 fully saturated rings. The molecule has 0 spiro atoms. The molecule has 1 radical (unpaired) electrons. The van der Waals surface area contributed by atoms with Crippen molar-refractivity contribution in [2.75, 3.05) is 0 Å². The summed E-state index contributed by atoms with van der Waals surface area (Å²) in [5.74, 6) is 0. The zero-order chi connectivity index (χ0) is 3.58. The predicted molar refractivity (Wildman–Crippen MR) is 15.7 cm³/mol. The second-order valence-corrected chi connectivity index (χ2v) is 0.283. The van der Waals surface area contributed by atoms with E-state index in [1.165, 1.54) is 0 Å². The first-order valence-electron chi connectivity index (χ1n) is 0.651. The summed E-state index contributed by atoms with van der Waals surface area (Å²) in [4.78, 5) is 8.56. The molecule has 0 saturated heterocycles. The van der Waals surface area contributed by atoms with Gasteiger partial charge in [-0.2, -0.15) is 0 Å². The molecule has 0 aromatic heterocycles. The number of hydrogen-bond donors (Lipinski definition) is 3. The first-order chi connectivity index (χ1) is 1.73. The van der Waals surface area contributed by atoms with Crippen LogP contribution in [0.4, 0.5) is 4.79 Å². The quantitative estimate of drug-likeness (QED) is 0.478. The minimum Gasteiger partial charge on any atom is -0.450 e. The van der Waals surface area contributed by atoms with Gasteiger partial charge < -0.3 is 16.4 Å². The first kappa shape index (κ1) is 16.7. The van der Waals surface area contributed by atoms with Crippen molar-refractivity contribution in [3.8, 4) is 0 Å². The van der Waals surface area contributed by atoms with Gasteiger partial charge in [0.1, 0.15) is 0 Å². The van der Waals surface area contributed by atoms with E-state index in [0.29, 0.717) is 0 Å². The molecule has 0 bridgehead atoms. The van der Waals surface area contributed by atoms with Gasteiger partial charge in [-0.3, -0.25) is 0 Å². The third-order valence-corrected chi connectivity index (χ3v) is 0. The third kappa shape index (κ3) is 39600. The Balaban J connectivity index is -0.0000000450. The van der Waals surface area contributed by atoms with Crippen LogP contribution in [0.1, 0.15) is 0 Å². The minimum absolute atomic E-state index is 0. The third-order valence-electron chi connectivity index (χ3n) is 0. The zero-order valence-electron chi connectivity index (χ0n) is 2.81. The second kappa shape index (κ2) is 8.88. The molecule has 0 amide bonds. The summed E-state index contributed by atoms with van der Waals surface area (Å²) in [5, 5.41) is 13.9. The monoisotopic (exact) mass is 186 g/mol. The van der Waals surface area contributed by atoms with Gasteiger partial charge in [-0.1, -0.05) is 0 Å². The second-order valence-electron chi connectivity index (χ2n) is 0.283. The van der Waals surface area contributed by atoms with E-state index in [1.54, 1.807) is 0 Å². The van der Waals surface area contributed by atoms with Crippen molar-refractivity contribution in [3.05, 3.63) is 0 Å². The standard InChI is InChI=1S/CH2O3.Ag.H3N/c2-1(3)4;;/h(H2,2,3,4);;1H3. The van der Waals surface area contributed by atoms with Gasteiger partial charge in [-0.25, -0.2) is 4.79 Å². The normalized spacial score (nSPS) is 4.00. The average Bonchev–Trinajstić information content (AvgIpc) is 0.811. The summed E-state index contributed by atoms with van der Waals surface area (Å²) in [6, 6.07) is 0. The van der Waals surface area contributed by atoms with Crippen LogP contribution in [0.2, 0.25) is 0 Å². The van der Waals surface area contributed by atoms with Crippen LogP contribution in [0.5, 0.6) is 0 Å². The fourth-order valence-electron chi connectivity index (χ4n) is 0. The Bertz CT molecular complexity index is 33.8. The maximum atomic E-state index is 8.56. The Morgan fingerprint density at radius 2 is 1.33 bits per heavy atom. The smallest absolute Gasteiger partial charge is 0.450 e. The molecule has 0 aliphatic carbocycles. The van der Waals surface area contributed by atoms with Crippen LogP contribution < -0.4 is 6.15 Å². The maximum absolute atomic E-state index is 8.56. The molecule has 0 aromatic rings. The van der Waals surface area contributed by atoms with Crippen molar-refractivity contribution < 1.29 is 37.4 Å². The van der Waals surface area contributed by atoms with Crippen LogP contribution >= 0.6 is 0 Å². The first-order valence-corrected chi connectivity index (χ1v) is 0.651. The van der Waals surface area contributed by atoms with Crippen LogP contribution in [0.15, 0.2) is 0 Å². The molecule has 0 unspecified atom stereocenters. The molecule has 0 aliphatic rings. The Labute approximate surface area is 50.3 Å². The predicted octanol–water partition coefficient (Wildman–Crippen LogP) is 0.382. The molecular weight excluding hydrogens is 182 g/mol. The fraction of sp³-hybridized carbons (Fsp3) is 0. The van der Waals surface area contributed by atoms with E-state index >= 15 is 0 Å². The summed E-state index contributed by atoms with van der Waals surface area (Å²) in [5.41, 5.74) is 0. The number of rotatable bonds is 0. The van der Waals surface area contributed by atoms with Crippen molar-refractivity contribution in [2.24, 2.45) is 0 Å². The van der Waals surface area contributed by atoms with Crippen LogP contribution in [-0.2, 0) is 22.4 Å². The molecule has 43 valence electrons. The largest absolute Gasteiger partial charge is 0.503 e. The summed E-state index contributed by atoms with van der Waals surface area (Å²) in [7, 11) is 0. The SMILES string of the molecule is N.O=C(O)O.[Ag]. The van der Waals surface area contributed by atoms with E-state index in [4.69, 9.17) is 15.0 Å². The Morgan fingerprint density at radius 3 is 1.33 bits per heavy atom. The van der Waals surface area contributed by atoms with E-state index in [9.17, 15) is 0 Å².